The zero-order valence-electron chi connectivity index (χ0n) is 22.9. The maximum absolute atomic E-state index is 13.4. The summed E-state index contributed by atoms with van der Waals surface area (Å²) in [7, 11) is 0. The van der Waals surface area contributed by atoms with E-state index in [1.165, 1.54) is 12.2 Å². The van der Waals surface area contributed by atoms with Crippen molar-refractivity contribution in [3.05, 3.63) is 52.6 Å². The lowest BCUT2D eigenvalue weighted by atomic mass is 9.95. The third-order valence-corrected chi connectivity index (χ3v) is 8.93. The van der Waals surface area contributed by atoms with Gasteiger partial charge in [-0.3, -0.25) is 19.5 Å². The highest BCUT2D eigenvalue weighted by Gasteiger charge is 2.38. The second-order valence-electron chi connectivity index (χ2n) is 10.8. The molecular formula is C28H36F5N5O2S. The van der Waals surface area contributed by atoms with E-state index in [1.807, 2.05) is 0 Å². The minimum absolute atomic E-state index is 0.164. The van der Waals surface area contributed by atoms with Crippen molar-refractivity contribution >= 4 is 34.9 Å². The Balaban J connectivity index is 1.25. The highest BCUT2D eigenvalue weighted by atomic mass is 32.3. The lowest BCUT2D eigenvalue weighted by molar-refractivity contribution is -0.128. The van der Waals surface area contributed by atoms with E-state index in [2.05, 4.69) is 10.3 Å². The molecule has 1 aromatic carbocycles. The number of carbonyl (C=O) groups is 2. The number of carbonyl (C=O) groups excluding carboxylic acids is 2. The van der Waals surface area contributed by atoms with Gasteiger partial charge >= 0.3 is 0 Å². The van der Waals surface area contributed by atoms with Crippen molar-refractivity contribution in [3.63, 3.8) is 0 Å². The molecule has 7 nitrogen and oxygen atoms in total. The molecule has 13 heteroatoms. The topological polar surface area (TPSA) is 91.0 Å². The molecule has 1 aliphatic carbocycles. The molecule has 0 radical (unpaired) electrons. The number of hydrogen-bond donors (Lipinski definition) is 2. The number of hydrogen-bond acceptors (Lipinski definition) is 5. The Bertz CT molecular complexity index is 1220. The molecule has 0 spiro atoms. The van der Waals surface area contributed by atoms with Crippen molar-refractivity contribution in [2.45, 2.75) is 43.8 Å². The maximum atomic E-state index is 13.4. The van der Waals surface area contributed by atoms with Crippen LogP contribution in [0.2, 0.25) is 0 Å². The Hall–Kier alpha value is -2.93. The molecule has 0 aromatic heterocycles. The highest BCUT2D eigenvalue weighted by molar-refractivity contribution is 8.21. The summed E-state index contributed by atoms with van der Waals surface area (Å²) in [5.41, 5.74) is 8.69. The Morgan fingerprint density at radius 1 is 1.20 bits per heavy atom. The summed E-state index contributed by atoms with van der Waals surface area (Å²) < 4.78 is 65.5. The standard InChI is InChI=1S/C28H36F5N5O2S/c1-19-23(26(39)36-11-15-37-14-10-28(29,30)18-37)6-7-25(34)24(19)17-35-16-20-8-12-38(13-9-20)27(40)21-2-4-22(5-3-21)41(31,32)33/h2-4,6-7,17,20,22H,5,8-16,18,34H2,1H3,(H,36,39). The number of benzene rings is 1. The molecule has 3 N–H and O–H groups in total. The van der Waals surface area contributed by atoms with Gasteiger partial charge in [0.15, 0.2) is 0 Å². The van der Waals surface area contributed by atoms with Crippen molar-refractivity contribution in [2.75, 3.05) is 51.5 Å². The van der Waals surface area contributed by atoms with Gasteiger partial charge in [0.05, 0.1) is 11.8 Å². The molecule has 2 saturated heterocycles. The molecule has 226 valence electrons. The van der Waals surface area contributed by atoms with E-state index in [0.717, 1.165) is 18.9 Å². The molecule has 41 heavy (non-hydrogen) atoms. The fourth-order valence-electron chi connectivity index (χ4n) is 5.34. The largest absolute Gasteiger partial charge is 0.398 e. The van der Waals surface area contributed by atoms with E-state index in [9.17, 15) is 30.0 Å². The van der Waals surface area contributed by atoms with Gasteiger partial charge in [-0.05, 0) is 49.8 Å². The Morgan fingerprint density at radius 3 is 2.54 bits per heavy atom. The molecule has 3 aliphatic rings. The average Bonchev–Trinajstić information content (AvgIpc) is 3.28. The summed E-state index contributed by atoms with van der Waals surface area (Å²) >= 11 is -5.18. The molecule has 1 unspecified atom stereocenters. The molecule has 1 atom stereocenters. The Morgan fingerprint density at radius 2 is 1.93 bits per heavy atom. The SMILES string of the molecule is Cc1c(C(=O)NCCN2CCC(F)(F)C2)ccc(N)c1C=NCC1CCN(C(=O)C2=CCC(S(F)(F)F)C=C2)CC1. The third kappa shape index (κ3) is 8.09. The quantitative estimate of drug-likeness (QED) is 0.236. The van der Waals surface area contributed by atoms with Crippen molar-refractivity contribution in [2.24, 2.45) is 10.9 Å². The smallest absolute Gasteiger partial charge is 0.261 e. The van der Waals surface area contributed by atoms with E-state index in [1.54, 1.807) is 35.1 Å². The van der Waals surface area contributed by atoms with Crippen LogP contribution in [0, 0.1) is 12.8 Å². The molecule has 4 rings (SSSR count). The summed E-state index contributed by atoms with van der Waals surface area (Å²) in [6.07, 6.45) is 6.51. The lowest BCUT2D eigenvalue weighted by Crippen LogP contribution is -2.39. The molecule has 0 bridgehead atoms. The van der Waals surface area contributed by atoms with Crippen LogP contribution in [0.15, 0.2) is 40.9 Å². The van der Waals surface area contributed by atoms with E-state index >= 15 is 0 Å². The predicted molar refractivity (Wildman–Crippen MR) is 152 cm³/mol. The first-order valence-corrected chi connectivity index (χ1v) is 15.1. The predicted octanol–water partition coefficient (Wildman–Crippen LogP) is 5.02. The number of alkyl halides is 2. The first-order valence-electron chi connectivity index (χ1n) is 13.7. The number of likely N-dealkylation sites (tertiary alicyclic amines) is 2. The van der Waals surface area contributed by atoms with E-state index in [-0.39, 0.29) is 43.7 Å². The number of amides is 2. The molecular weight excluding hydrogens is 565 g/mol. The van der Waals surface area contributed by atoms with Crippen LogP contribution in [0.3, 0.4) is 0 Å². The van der Waals surface area contributed by atoms with Gasteiger partial charge in [-0.25, -0.2) is 8.78 Å². The number of piperidine rings is 1. The van der Waals surface area contributed by atoms with Crippen molar-refractivity contribution in [1.29, 1.82) is 0 Å². The van der Waals surface area contributed by atoms with Gasteiger partial charge in [-0.2, -0.15) is 0 Å². The molecule has 2 heterocycles. The first kappa shape index (κ1) is 31.0. The molecule has 0 saturated carbocycles. The van der Waals surface area contributed by atoms with Crippen LogP contribution in [0.1, 0.15) is 47.2 Å². The molecule has 2 fully saturated rings. The number of nitrogen functional groups attached to an aromatic ring is 1. The fourth-order valence-corrected chi connectivity index (χ4v) is 5.91. The zero-order valence-corrected chi connectivity index (χ0v) is 23.7. The van der Waals surface area contributed by atoms with Crippen LogP contribution in [0.4, 0.5) is 26.1 Å². The summed E-state index contributed by atoms with van der Waals surface area (Å²) in [4.78, 5) is 33.4. The molecule has 2 aliphatic heterocycles. The van der Waals surface area contributed by atoms with Crippen LogP contribution < -0.4 is 11.1 Å². The van der Waals surface area contributed by atoms with Crippen LogP contribution in [-0.2, 0) is 4.79 Å². The number of allylic oxidation sites excluding steroid dienone is 1. The zero-order chi connectivity index (χ0) is 29.8. The Kier molecular flexibility index (Phi) is 9.78. The average molecular weight is 602 g/mol. The summed E-state index contributed by atoms with van der Waals surface area (Å²) in [6.45, 7) is 3.92. The summed E-state index contributed by atoms with van der Waals surface area (Å²) in [5, 5.41) is 1.33. The van der Waals surface area contributed by atoms with Gasteiger partial charge < -0.3 is 16.0 Å². The minimum atomic E-state index is -5.18. The van der Waals surface area contributed by atoms with Crippen LogP contribution in [0.25, 0.3) is 0 Å². The van der Waals surface area contributed by atoms with Crippen LogP contribution >= 0.6 is 11.2 Å². The second-order valence-corrected chi connectivity index (χ2v) is 12.3. The number of nitrogens with two attached hydrogens (primary N) is 1. The monoisotopic (exact) mass is 601 g/mol. The van der Waals surface area contributed by atoms with E-state index in [0.29, 0.717) is 60.7 Å². The van der Waals surface area contributed by atoms with Gasteiger partial charge in [0, 0.05) is 74.3 Å². The second kappa shape index (κ2) is 12.9. The van der Waals surface area contributed by atoms with Gasteiger partial charge in [0.2, 0.25) is 11.2 Å². The van der Waals surface area contributed by atoms with Crippen LogP contribution in [0.5, 0.6) is 0 Å². The number of aliphatic imine (C=N–C) groups is 1. The first-order chi connectivity index (χ1) is 19.3. The highest BCUT2D eigenvalue weighted by Crippen LogP contribution is 2.59. The van der Waals surface area contributed by atoms with Gasteiger partial charge in [-0.15, -0.1) is 11.7 Å². The number of anilines is 1. The lowest BCUT2D eigenvalue weighted by Gasteiger charge is -2.32. The minimum Gasteiger partial charge on any atom is -0.398 e. The third-order valence-electron chi connectivity index (χ3n) is 7.89. The summed E-state index contributed by atoms with van der Waals surface area (Å²) in [6, 6.07) is 3.27. The number of nitrogens with zero attached hydrogens (tertiary/aromatic N) is 3. The normalized spacial score (nSPS) is 22.2. The molecule has 2 amide bonds. The fraction of sp³-hybridized carbons (Fsp3) is 0.536. The van der Waals surface area contributed by atoms with E-state index in [4.69, 9.17) is 5.73 Å². The summed E-state index contributed by atoms with van der Waals surface area (Å²) in [5.74, 6) is -2.98. The van der Waals surface area contributed by atoms with Crippen molar-refractivity contribution in [1.82, 2.24) is 15.1 Å². The van der Waals surface area contributed by atoms with Gasteiger partial charge in [-0.1, -0.05) is 18.2 Å². The van der Waals surface area contributed by atoms with Crippen LogP contribution in [-0.4, -0.2) is 84.8 Å². The maximum Gasteiger partial charge on any atom is 0.261 e. The number of rotatable bonds is 9. The van der Waals surface area contributed by atoms with Gasteiger partial charge in [0.25, 0.3) is 17.7 Å². The van der Waals surface area contributed by atoms with Crippen molar-refractivity contribution in [3.8, 4) is 0 Å². The molecule has 1 aromatic rings. The van der Waals surface area contributed by atoms with Gasteiger partial charge in [0.1, 0.15) is 0 Å². The van der Waals surface area contributed by atoms with Crippen molar-refractivity contribution < 1.29 is 30.0 Å². The van der Waals surface area contributed by atoms with E-state index < -0.39 is 22.4 Å². The Labute approximate surface area is 238 Å². The number of halogens is 5. The number of nitrogens with one attached hydrogen (secondary N) is 1.